The Bertz CT molecular complexity index is 1230. The average Bonchev–Trinajstić information content (AvgIpc) is 2.80. The highest BCUT2D eigenvalue weighted by Crippen LogP contribution is 2.34. The van der Waals surface area contributed by atoms with E-state index in [2.05, 4.69) is 16.0 Å². The van der Waals surface area contributed by atoms with Gasteiger partial charge in [0.05, 0.1) is 23.5 Å². The quantitative estimate of drug-likeness (QED) is 0.510. The molecule has 1 saturated heterocycles. The number of piperazine rings is 1. The van der Waals surface area contributed by atoms with Crippen LogP contribution in [0.1, 0.15) is 44.5 Å². The number of aromatic nitrogens is 1. The maximum Gasteiger partial charge on any atom is 0.342 e. The first-order valence-corrected chi connectivity index (χ1v) is 11.6. The Labute approximate surface area is 199 Å². The number of benzene rings is 2. The van der Waals surface area contributed by atoms with E-state index in [0.717, 1.165) is 27.7 Å². The molecule has 2 aromatic carbocycles. The summed E-state index contributed by atoms with van der Waals surface area (Å²) in [6.07, 6.45) is 0. The van der Waals surface area contributed by atoms with Crippen molar-refractivity contribution in [3.63, 3.8) is 0 Å². The van der Waals surface area contributed by atoms with Crippen LogP contribution >= 0.6 is 11.6 Å². The minimum absolute atomic E-state index is 0.0335. The second-order valence-electron chi connectivity index (χ2n) is 8.41. The maximum absolute atomic E-state index is 13.0. The van der Waals surface area contributed by atoms with Gasteiger partial charge in [0.25, 0.3) is 5.91 Å². The molecule has 6 nitrogen and oxygen atoms in total. The van der Waals surface area contributed by atoms with Crippen LogP contribution in [-0.2, 0) is 4.74 Å². The van der Waals surface area contributed by atoms with Crippen molar-refractivity contribution in [3.05, 3.63) is 69.4 Å². The third kappa shape index (κ3) is 4.53. The lowest BCUT2D eigenvalue weighted by Crippen LogP contribution is -2.49. The van der Waals surface area contributed by atoms with E-state index < -0.39 is 0 Å². The van der Waals surface area contributed by atoms with Crippen LogP contribution in [0.25, 0.3) is 10.9 Å². The second-order valence-corrected chi connectivity index (χ2v) is 8.81. The zero-order valence-corrected chi connectivity index (χ0v) is 20.2. The van der Waals surface area contributed by atoms with Crippen LogP contribution in [0.4, 0.5) is 5.69 Å². The number of halogens is 1. The van der Waals surface area contributed by atoms with Gasteiger partial charge in [0.1, 0.15) is 5.56 Å². The van der Waals surface area contributed by atoms with Gasteiger partial charge in [-0.15, -0.1) is 0 Å². The number of rotatable bonds is 4. The Morgan fingerprint density at radius 2 is 1.76 bits per heavy atom. The average molecular weight is 466 g/mol. The van der Waals surface area contributed by atoms with Crippen LogP contribution < -0.4 is 4.90 Å². The van der Waals surface area contributed by atoms with Gasteiger partial charge in [-0.1, -0.05) is 29.3 Å². The van der Waals surface area contributed by atoms with Gasteiger partial charge in [0, 0.05) is 42.2 Å². The SMILES string of the molecule is CCOC(=O)c1c(C)nc2ccc(C)cc2c1N1CCN(C(=O)c2ccc(C)c(Cl)c2)CC1. The monoisotopic (exact) mass is 465 g/mol. The molecule has 1 fully saturated rings. The van der Waals surface area contributed by atoms with Gasteiger partial charge in [-0.25, -0.2) is 4.79 Å². The van der Waals surface area contributed by atoms with E-state index in [0.29, 0.717) is 54.6 Å². The fourth-order valence-electron chi connectivity index (χ4n) is 4.30. The van der Waals surface area contributed by atoms with E-state index in [9.17, 15) is 9.59 Å². The molecule has 0 aliphatic carbocycles. The highest BCUT2D eigenvalue weighted by Gasteiger charge is 2.28. The normalized spacial score (nSPS) is 14.0. The molecule has 0 unspecified atom stereocenters. The molecule has 0 saturated carbocycles. The van der Waals surface area contributed by atoms with Crippen molar-refractivity contribution in [2.45, 2.75) is 27.7 Å². The molecule has 1 amide bonds. The lowest BCUT2D eigenvalue weighted by atomic mass is 10.0. The predicted molar refractivity (Wildman–Crippen MR) is 131 cm³/mol. The van der Waals surface area contributed by atoms with Crippen LogP contribution in [0, 0.1) is 20.8 Å². The molecule has 1 aromatic heterocycles. The number of anilines is 1. The van der Waals surface area contributed by atoms with Gasteiger partial charge in [0.15, 0.2) is 0 Å². The molecule has 3 aromatic rings. The molecule has 0 N–H and O–H groups in total. The van der Waals surface area contributed by atoms with Crippen molar-refractivity contribution >= 4 is 40.1 Å². The lowest BCUT2D eigenvalue weighted by Gasteiger charge is -2.37. The highest BCUT2D eigenvalue weighted by atomic mass is 35.5. The maximum atomic E-state index is 13.0. The number of esters is 1. The van der Waals surface area contributed by atoms with Crippen LogP contribution in [0.5, 0.6) is 0 Å². The van der Waals surface area contributed by atoms with Gasteiger partial charge in [-0.3, -0.25) is 9.78 Å². The summed E-state index contributed by atoms with van der Waals surface area (Å²) in [6.45, 7) is 10.2. The summed E-state index contributed by atoms with van der Waals surface area (Å²) >= 11 is 6.23. The van der Waals surface area contributed by atoms with E-state index in [1.54, 1.807) is 13.0 Å². The van der Waals surface area contributed by atoms with Crippen LogP contribution in [0.15, 0.2) is 36.4 Å². The molecule has 172 valence electrons. The smallest absolute Gasteiger partial charge is 0.342 e. The van der Waals surface area contributed by atoms with Crippen LogP contribution in [0.3, 0.4) is 0 Å². The number of hydrogen-bond acceptors (Lipinski definition) is 5. The topological polar surface area (TPSA) is 62.7 Å². The first-order valence-electron chi connectivity index (χ1n) is 11.2. The van der Waals surface area contributed by atoms with Crippen LogP contribution in [0.2, 0.25) is 5.02 Å². The highest BCUT2D eigenvalue weighted by molar-refractivity contribution is 6.31. The molecule has 0 radical (unpaired) electrons. The first-order chi connectivity index (χ1) is 15.8. The molecular weight excluding hydrogens is 438 g/mol. The Morgan fingerprint density at radius 3 is 2.42 bits per heavy atom. The van der Waals surface area contributed by atoms with Crippen molar-refractivity contribution in [2.24, 2.45) is 0 Å². The van der Waals surface area contributed by atoms with Gasteiger partial charge < -0.3 is 14.5 Å². The third-order valence-electron chi connectivity index (χ3n) is 6.08. The molecule has 33 heavy (non-hydrogen) atoms. The van der Waals surface area contributed by atoms with E-state index in [1.807, 2.05) is 49.9 Å². The largest absolute Gasteiger partial charge is 0.462 e. The number of ether oxygens (including phenoxy) is 1. The minimum atomic E-state index is -0.367. The van der Waals surface area contributed by atoms with E-state index >= 15 is 0 Å². The Kier molecular flexibility index (Phi) is 6.56. The summed E-state index contributed by atoms with van der Waals surface area (Å²) in [7, 11) is 0. The molecule has 0 atom stereocenters. The first kappa shape index (κ1) is 23.1. The van der Waals surface area contributed by atoms with Crippen molar-refractivity contribution in [2.75, 3.05) is 37.7 Å². The zero-order chi connectivity index (χ0) is 23.7. The molecule has 4 rings (SSSR count). The lowest BCUT2D eigenvalue weighted by molar-refractivity contribution is 0.0524. The third-order valence-corrected chi connectivity index (χ3v) is 6.48. The fraction of sp³-hybridized carbons (Fsp3) is 0.346. The molecule has 0 spiro atoms. The summed E-state index contributed by atoms with van der Waals surface area (Å²) < 4.78 is 5.37. The number of carbonyl (C=O) groups excluding carboxylic acids is 2. The minimum Gasteiger partial charge on any atom is -0.462 e. The number of amides is 1. The molecular formula is C26H28ClN3O3. The summed E-state index contributed by atoms with van der Waals surface area (Å²) in [5.41, 5.74) is 5.45. The Balaban J connectivity index is 1.66. The number of nitrogens with zero attached hydrogens (tertiary/aromatic N) is 3. The second kappa shape index (κ2) is 9.40. The molecule has 1 aliphatic rings. The predicted octanol–water partition coefficient (Wildman–Crippen LogP) is 4.95. The summed E-state index contributed by atoms with van der Waals surface area (Å²) in [4.78, 5) is 34.6. The van der Waals surface area contributed by atoms with Gasteiger partial charge in [-0.05, 0) is 57.5 Å². The van der Waals surface area contributed by atoms with Crippen molar-refractivity contribution in [3.8, 4) is 0 Å². The number of pyridine rings is 1. The van der Waals surface area contributed by atoms with Gasteiger partial charge >= 0.3 is 5.97 Å². The number of carbonyl (C=O) groups is 2. The van der Waals surface area contributed by atoms with Gasteiger partial charge in [-0.2, -0.15) is 0 Å². The number of aryl methyl sites for hydroxylation is 3. The van der Waals surface area contributed by atoms with E-state index in [1.165, 1.54) is 0 Å². The molecule has 1 aliphatic heterocycles. The standard InChI is InChI=1S/C26H28ClN3O3/c1-5-33-26(32)23-18(4)28-22-9-6-16(2)14-20(22)24(23)29-10-12-30(13-11-29)25(31)19-8-7-17(3)21(27)15-19/h6-9,14-15H,5,10-13H2,1-4H3. The van der Waals surface area contributed by atoms with E-state index in [4.69, 9.17) is 16.3 Å². The number of hydrogen-bond donors (Lipinski definition) is 0. The van der Waals surface area contributed by atoms with Crippen molar-refractivity contribution in [1.29, 1.82) is 0 Å². The Hall–Kier alpha value is -3.12. The Morgan fingerprint density at radius 1 is 1.03 bits per heavy atom. The van der Waals surface area contributed by atoms with E-state index in [-0.39, 0.29) is 11.9 Å². The number of fused-ring (bicyclic) bond motifs is 1. The summed E-state index contributed by atoms with van der Waals surface area (Å²) in [5, 5.41) is 1.52. The molecule has 7 heteroatoms. The summed E-state index contributed by atoms with van der Waals surface area (Å²) in [6, 6.07) is 11.5. The van der Waals surface area contributed by atoms with Gasteiger partial charge in [0.2, 0.25) is 0 Å². The zero-order valence-electron chi connectivity index (χ0n) is 19.4. The van der Waals surface area contributed by atoms with Crippen molar-refractivity contribution in [1.82, 2.24) is 9.88 Å². The van der Waals surface area contributed by atoms with Crippen molar-refractivity contribution < 1.29 is 14.3 Å². The summed E-state index contributed by atoms with van der Waals surface area (Å²) in [5.74, 6) is -0.400. The van der Waals surface area contributed by atoms with Crippen LogP contribution in [-0.4, -0.2) is 54.5 Å². The fourth-order valence-corrected chi connectivity index (χ4v) is 4.48. The molecule has 0 bridgehead atoms. The molecule has 2 heterocycles.